The van der Waals surface area contributed by atoms with Crippen LogP contribution in [0.15, 0.2) is 41.2 Å². The minimum atomic E-state index is -0.278. The maximum absolute atomic E-state index is 12.7. The van der Waals surface area contributed by atoms with Gasteiger partial charge in [-0.15, -0.1) is 6.42 Å². The highest BCUT2D eigenvalue weighted by molar-refractivity contribution is 6.05. The van der Waals surface area contributed by atoms with Crippen LogP contribution < -0.4 is 10.5 Å². The standard InChI is InChI=1S/C17H17N3O2/c1-5-13-7-6-8-14(11-13)20(12(2)3)17(22)15-9-10-16(21)19(4)18-15/h1,6-12H,2-4H3. The number of terminal acetylenes is 1. The topological polar surface area (TPSA) is 55.2 Å². The molecule has 0 aliphatic heterocycles. The van der Waals surface area contributed by atoms with Crippen molar-refractivity contribution < 1.29 is 4.79 Å². The summed E-state index contributed by atoms with van der Waals surface area (Å²) in [5.41, 5.74) is 1.35. The first-order valence-electron chi connectivity index (χ1n) is 6.88. The van der Waals surface area contributed by atoms with Gasteiger partial charge in [0.05, 0.1) is 0 Å². The maximum Gasteiger partial charge on any atom is 0.278 e. The van der Waals surface area contributed by atoms with E-state index in [4.69, 9.17) is 6.42 Å². The third-order valence-electron chi connectivity index (χ3n) is 3.21. The highest BCUT2D eigenvalue weighted by atomic mass is 16.2. The number of anilines is 1. The second kappa shape index (κ2) is 6.27. The number of nitrogens with zero attached hydrogens (tertiary/aromatic N) is 3. The van der Waals surface area contributed by atoms with Crippen molar-refractivity contribution in [2.24, 2.45) is 7.05 Å². The number of carbonyl (C=O) groups is 1. The zero-order valence-electron chi connectivity index (χ0n) is 12.8. The number of amides is 1. The van der Waals surface area contributed by atoms with E-state index in [-0.39, 0.29) is 23.2 Å². The van der Waals surface area contributed by atoms with Gasteiger partial charge in [0.2, 0.25) is 0 Å². The SMILES string of the molecule is C#Cc1cccc(N(C(=O)c2ccc(=O)n(C)n2)C(C)C)c1. The third-order valence-corrected chi connectivity index (χ3v) is 3.21. The third kappa shape index (κ3) is 3.07. The van der Waals surface area contributed by atoms with Gasteiger partial charge in [-0.25, -0.2) is 4.68 Å². The molecule has 0 N–H and O–H groups in total. The van der Waals surface area contributed by atoms with E-state index in [1.807, 2.05) is 19.9 Å². The molecule has 22 heavy (non-hydrogen) atoms. The Morgan fingerprint density at radius 2 is 2.05 bits per heavy atom. The van der Waals surface area contributed by atoms with Crippen LogP contribution in [0.5, 0.6) is 0 Å². The number of carbonyl (C=O) groups excluding carboxylic acids is 1. The van der Waals surface area contributed by atoms with Crippen molar-refractivity contribution in [3.8, 4) is 12.3 Å². The van der Waals surface area contributed by atoms with E-state index < -0.39 is 0 Å². The van der Waals surface area contributed by atoms with Gasteiger partial charge in [-0.05, 0) is 38.1 Å². The van der Waals surface area contributed by atoms with Gasteiger partial charge in [0.15, 0.2) is 0 Å². The van der Waals surface area contributed by atoms with Crippen LogP contribution in [-0.4, -0.2) is 21.7 Å². The van der Waals surface area contributed by atoms with Gasteiger partial charge in [0.1, 0.15) is 5.69 Å². The molecule has 0 aliphatic carbocycles. The summed E-state index contributed by atoms with van der Waals surface area (Å²) in [5.74, 6) is 2.28. The second-order valence-electron chi connectivity index (χ2n) is 5.14. The zero-order valence-corrected chi connectivity index (χ0v) is 12.8. The van der Waals surface area contributed by atoms with Gasteiger partial charge < -0.3 is 4.90 Å². The van der Waals surface area contributed by atoms with E-state index in [1.165, 1.54) is 19.2 Å². The predicted octanol–water partition coefficient (Wildman–Crippen LogP) is 1.82. The summed E-state index contributed by atoms with van der Waals surface area (Å²) < 4.78 is 1.14. The molecule has 1 heterocycles. The lowest BCUT2D eigenvalue weighted by atomic mass is 10.1. The first-order valence-corrected chi connectivity index (χ1v) is 6.88. The lowest BCUT2D eigenvalue weighted by molar-refractivity contribution is 0.0973. The first-order chi connectivity index (χ1) is 10.4. The highest BCUT2D eigenvalue weighted by Gasteiger charge is 2.22. The zero-order chi connectivity index (χ0) is 16.3. The monoisotopic (exact) mass is 295 g/mol. The van der Waals surface area contributed by atoms with Crippen molar-refractivity contribution in [3.05, 3.63) is 58.0 Å². The number of hydrogen-bond donors (Lipinski definition) is 0. The lowest BCUT2D eigenvalue weighted by Crippen LogP contribution is -2.38. The van der Waals surface area contributed by atoms with Crippen LogP contribution in [0, 0.1) is 12.3 Å². The van der Waals surface area contributed by atoms with Crippen LogP contribution in [0.25, 0.3) is 0 Å². The second-order valence-corrected chi connectivity index (χ2v) is 5.14. The van der Waals surface area contributed by atoms with E-state index in [1.54, 1.807) is 23.1 Å². The van der Waals surface area contributed by atoms with E-state index in [2.05, 4.69) is 11.0 Å². The van der Waals surface area contributed by atoms with Gasteiger partial charge in [0, 0.05) is 30.4 Å². The van der Waals surface area contributed by atoms with Crippen LogP contribution >= 0.6 is 0 Å². The fourth-order valence-electron chi connectivity index (χ4n) is 2.14. The lowest BCUT2D eigenvalue weighted by Gasteiger charge is -2.26. The molecule has 112 valence electrons. The minimum absolute atomic E-state index is 0.0837. The molecule has 0 aliphatic rings. The van der Waals surface area contributed by atoms with Crippen LogP contribution in [0.3, 0.4) is 0 Å². The van der Waals surface area contributed by atoms with Crippen molar-refractivity contribution in [2.45, 2.75) is 19.9 Å². The predicted molar refractivity (Wildman–Crippen MR) is 85.8 cm³/mol. The fraction of sp³-hybridized carbons (Fsp3) is 0.235. The van der Waals surface area contributed by atoms with Crippen molar-refractivity contribution in [1.29, 1.82) is 0 Å². The van der Waals surface area contributed by atoms with Crippen molar-refractivity contribution >= 4 is 11.6 Å². The van der Waals surface area contributed by atoms with E-state index in [0.29, 0.717) is 11.3 Å². The minimum Gasteiger partial charge on any atom is -0.304 e. The summed E-state index contributed by atoms with van der Waals surface area (Å²) in [6.45, 7) is 3.81. The summed E-state index contributed by atoms with van der Waals surface area (Å²) in [4.78, 5) is 25.8. The van der Waals surface area contributed by atoms with Crippen LogP contribution in [0.2, 0.25) is 0 Å². The summed E-state index contributed by atoms with van der Waals surface area (Å²) in [5, 5.41) is 4.02. The molecule has 0 spiro atoms. The number of rotatable bonds is 3. The average molecular weight is 295 g/mol. The van der Waals surface area contributed by atoms with Crippen LogP contribution in [-0.2, 0) is 7.05 Å². The van der Waals surface area contributed by atoms with Gasteiger partial charge in [-0.2, -0.15) is 5.10 Å². The van der Waals surface area contributed by atoms with E-state index in [9.17, 15) is 9.59 Å². The average Bonchev–Trinajstić information content (AvgIpc) is 2.50. The van der Waals surface area contributed by atoms with Crippen LogP contribution in [0.4, 0.5) is 5.69 Å². The Hall–Kier alpha value is -2.87. The normalized spacial score (nSPS) is 10.3. The molecule has 0 bridgehead atoms. The smallest absolute Gasteiger partial charge is 0.278 e. The Morgan fingerprint density at radius 1 is 1.32 bits per heavy atom. The number of aromatic nitrogens is 2. The number of benzene rings is 1. The van der Waals surface area contributed by atoms with Crippen LogP contribution in [0.1, 0.15) is 29.9 Å². The number of hydrogen-bond acceptors (Lipinski definition) is 3. The molecule has 2 aromatic rings. The van der Waals surface area contributed by atoms with Gasteiger partial charge in [-0.1, -0.05) is 12.0 Å². The van der Waals surface area contributed by atoms with Gasteiger partial charge in [0.25, 0.3) is 11.5 Å². The molecule has 0 saturated carbocycles. The summed E-state index contributed by atoms with van der Waals surface area (Å²) in [6.07, 6.45) is 5.41. The molecule has 0 unspecified atom stereocenters. The molecule has 0 saturated heterocycles. The molecule has 1 amide bonds. The van der Waals surface area contributed by atoms with Crippen molar-refractivity contribution in [3.63, 3.8) is 0 Å². The van der Waals surface area contributed by atoms with Crippen molar-refractivity contribution in [1.82, 2.24) is 9.78 Å². The molecule has 1 aromatic heterocycles. The van der Waals surface area contributed by atoms with Crippen molar-refractivity contribution in [2.75, 3.05) is 4.90 Å². The van der Waals surface area contributed by atoms with Gasteiger partial charge in [-0.3, -0.25) is 9.59 Å². The molecule has 5 nitrogen and oxygen atoms in total. The summed E-state index contributed by atoms with van der Waals surface area (Å²) >= 11 is 0. The van der Waals surface area contributed by atoms with E-state index in [0.717, 1.165) is 4.68 Å². The first kappa shape index (κ1) is 15.5. The fourth-order valence-corrected chi connectivity index (χ4v) is 2.14. The Kier molecular flexibility index (Phi) is 4.42. The van der Waals surface area contributed by atoms with Gasteiger partial charge >= 0.3 is 0 Å². The Bertz CT molecular complexity index is 800. The largest absolute Gasteiger partial charge is 0.304 e. The quantitative estimate of drug-likeness (QED) is 0.812. The number of aryl methyl sites for hydroxylation is 1. The summed E-state index contributed by atoms with van der Waals surface area (Å²) in [6, 6.07) is 9.89. The molecule has 5 heteroatoms. The molecule has 0 radical (unpaired) electrons. The molecule has 2 rings (SSSR count). The molecular formula is C17H17N3O2. The molecule has 0 fully saturated rings. The molecule has 1 aromatic carbocycles. The summed E-state index contributed by atoms with van der Waals surface area (Å²) in [7, 11) is 1.51. The Morgan fingerprint density at radius 3 is 2.64 bits per heavy atom. The Balaban J connectivity index is 2.47. The molecular weight excluding hydrogens is 278 g/mol. The van der Waals surface area contributed by atoms with E-state index >= 15 is 0 Å². The maximum atomic E-state index is 12.7. The highest BCUT2D eigenvalue weighted by Crippen LogP contribution is 2.20. The Labute approximate surface area is 129 Å². The molecule has 0 atom stereocenters.